The Morgan fingerprint density at radius 1 is 1.06 bits per heavy atom. The summed E-state index contributed by atoms with van der Waals surface area (Å²) in [6.07, 6.45) is 0. The Morgan fingerprint density at radius 3 is 2.41 bits per heavy atom. The molecular formula is C25H33N5O2. The molecule has 0 saturated carbocycles. The number of nitrogens with zero attached hydrogens (tertiary/aromatic N) is 3. The molecular weight excluding hydrogens is 402 g/mol. The molecule has 0 saturated heterocycles. The lowest BCUT2D eigenvalue weighted by molar-refractivity contribution is -0.112. The number of urea groups is 1. The number of benzene rings is 2. The number of carbonyl (C=O) groups excluding carboxylic acids is 2. The number of hydrogen-bond donors (Lipinski definition) is 2. The fraction of sp³-hybridized carbons (Fsp3) is 0.400. The first-order valence-electron chi connectivity index (χ1n) is 11.1. The van der Waals surface area contributed by atoms with Crippen LogP contribution in [0.25, 0.3) is 0 Å². The standard InChI is InChI=1S/C25H33N5O2/c1-17(2)29(18(3)4)13-14-30-22-12-11-19(5)15-21(22)23(24(30)31)27-28-25(32)26-16-20-9-7-6-8-10-20/h6-12,15,17-18H,13-14,16H2,1-5H3,(H2,26,28,32). The number of carbonyl (C=O) groups is 2. The van der Waals surface area contributed by atoms with Crippen LogP contribution < -0.4 is 15.6 Å². The number of hydrogen-bond acceptors (Lipinski definition) is 4. The first kappa shape index (κ1) is 23.5. The van der Waals surface area contributed by atoms with Crippen LogP contribution in [0.2, 0.25) is 0 Å². The van der Waals surface area contributed by atoms with Crippen molar-refractivity contribution in [3.05, 3.63) is 65.2 Å². The molecule has 3 amide bonds. The predicted molar refractivity (Wildman–Crippen MR) is 129 cm³/mol. The van der Waals surface area contributed by atoms with Gasteiger partial charge in [-0.2, -0.15) is 5.10 Å². The summed E-state index contributed by atoms with van der Waals surface area (Å²) in [6.45, 7) is 12.3. The summed E-state index contributed by atoms with van der Waals surface area (Å²) in [6, 6.07) is 15.8. The summed E-state index contributed by atoms with van der Waals surface area (Å²) >= 11 is 0. The third-order valence-corrected chi connectivity index (χ3v) is 5.62. The van der Waals surface area contributed by atoms with Crippen LogP contribution in [0.3, 0.4) is 0 Å². The maximum Gasteiger partial charge on any atom is 0.335 e. The quantitative estimate of drug-likeness (QED) is 0.621. The van der Waals surface area contributed by atoms with Crippen LogP contribution in [-0.2, 0) is 11.3 Å². The van der Waals surface area contributed by atoms with Crippen molar-refractivity contribution in [2.45, 2.75) is 53.2 Å². The van der Waals surface area contributed by atoms with Crippen molar-refractivity contribution in [1.82, 2.24) is 15.6 Å². The second kappa shape index (κ2) is 10.4. The monoisotopic (exact) mass is 435 g/mol. The number of hydrazone groups is 1. The van der Waals surface area contributed by atoms with Crippen molar-refractivity contribution in [2.24, 2.45) is 5.10 Å². The summed E-state index contributed by atoms with van der Waals surface area (Å²) in [7, 11) is 0. The molecule has 0 aliphatic carbocycles. The minimum Gasteiger partial charge on any atom is -0.333 e. The second-order valence-electron chi connectivity index (χ2n) is 8.64. The molecule has 2 aromatic rings. The van der Waals surface area contributed by atoms with E-state index in [2.05, 4.69) is 48.4 Å². The van der Waals surface area contributed by atoms with Gasteiger partial charge in [-0.15, -0.1) is 0 Å². The van der Waals surface area contributed by atoms with Crippen LogP contribution in [0.1, 0.15) is 44.4 Å². The van der Waals surface area contributed by atoms with Crippen molar-refractivity contribution < 1.29 is 9.59 Å². The predicted octanol–water partition coefficient (Wildman–Crippen LogP) is 3.66. The molecule has 3 rings (SSSR count). The maximum absolute atomic E-state index is 13.2. The van der Waals surface area contributed by atoms with E-state index in [0.717, 1.165) is 28.9 Å². The number of amides is 3. The number of aryl methyl sites for hydroxylation is 1. The van der Waals surface area contributed by atoms with Crippen molar-refractivity contribution in [3.63, 3.8) is 0 Å². The molecule has 2 aromatic carbocycles. The minimum atomic E-state index is -0.451. The Hall–Kier alpha value is -3.19. The molecule has 32 heavy (non-hydrogen) atoms. The Bertz CT molecular complexity index is 977. The van der Waals surface area contributed by atoms with E-state index < -0.39 is 6.03 Å². The first-order valence-corrected chi connectivity index (χ1v) is 11.1. The van der Waals surface area contributed by atoms with E-state index in [0.29, 0.717) is 25.2 Å². The van der Waals surface area contributed by atoms with Gasteiger partial charge >= 0.3 is 6.03 Å². The van der Waals surface area contributed by atoms with Crippen molar-refractivity contribution in [2.75, 3.05) is 18.0 Å². The van der Waals surface area contributed by atoms with E-state index in [1.54, 1.807) is 4.90 Å². The van der Waals surface area contributed by atoms with E-state index in [-0.39, 0.29) is 11.6 Å². The summed E-state index contributed by atoms with van der Waals surface area (Å²) in [4.78, 5) is 29.6. The topological polar surface area (TPSA) is 77.0 Å². The highest BCUT2D eigenvalue weighted by Crippen LogP contribution is 2.30. The third kappa shape index (κ3) is 5.53. The lowest BCUT2D eigenvalue weighted by atomic mass is 10.1. The molecule has 0 spiro atoms. The van der Waals surface area contributed by atoms with Gasteiger partial charge in [-0.1, -0.05) is 42.0 Å². The van der Waals surface area contributed by atoms with E-state index >= 15 is 0 Å². The molecule has 0 atom stereocenters. The molecule has 7 heteroatoms. The van der Waals surface area contributed by atoms with Crippen LogP contribution >= 0.6 is 0 Å². The van der Waals surface area contributed by atoms with Gasteiger partial charge < -0.3 is 10.2 Å². The molecule has 7 nitrogen and oxygen atoms in total. The molecule has 0 aromatic heterocycles. The average Bonchev–Trinajstić information content (AvgIpc) is 3.01. The van der Waals surface area contributed by atoms with Crippen molar-refractivity contribution in [1.29, 1.82) is 0 Å². The molecule has 0 unspecified atom stereocenters. The molecule has 2 N–H and O–H groups in total. The smallest absolute Gasteiger partial charge is 0.333 e. The minimum absolute atomic E-state index is 0.193. The van der Waals surface area contributed by atoms with E-state index in [4.69, 9.17) is 0 Å². The molecule has 170 valence electrons. The maximum atomic E-state index is 13.2. The summed E-state index contributed by atoms with van der Waals surface area (Å²) in [5, 5.41) is 6.96. The van der Waals surface area contributed by atoms with Gasteiger partial charge in [-0.25, -0.2) is 10.2 Å². The van der Waals surface area contributed by atoms with Gasteiger partial charge in [0.2, 0.25) is 0 Å². The highest BCUT2D eigenvalue weighted by atomic mass is 16.2. The average molecular weight is 436 g/mol. The van der Waals surface area contributed by atoms with Crippen molar-refractivity contribution in [3.8, 4) is 0 Å². The summed E-state index contributed by atoms with van der Waals surface area (Å²) in [5.41, 5.74) is 6.35. The Morgan fingerprint density at radius 2 is 1.75 bits per heavy atom. The zero-order valence-electron chi connectivity index (χ0n) is 19.6. The molecule has 0 radical (unpaired) electrons. The third-order valence-electron chi connectivity index (χ3n) is 5.62. The van der Waals surface area contributed by atoms with Crippen LogP contribution in [0.5, 0.6) is 0 Å². The van der Waals surface area contributed by atoms with Gasteiger partial charge in [0.1, 0.15) is 0 Å². The lowest BCUT2D eigenvalue weighted by Gasteiger charge is -2.32. The Kier molecular flexibility index (Phi) is 7.64. The van der Waals surface area contributed by atoms with Crippen LogP contribution in [0, 0.1) is 6.92 Å². The van der Waals surface area contributed by atoms with Gasteiger partial charge in [0, 0.05) is 37.3 Å². The first-order chi connectivity index (χ1) is 15.3. The van der Waals surface area contributed by atoms with Crippen LogP contribution in [0.15, 0.2) is 53.6 Å². The Labute approximate surface area is 190 Å². The molecule has 1 aliphatic rings. The fourth-order valence-electron chi connectivity index (χ4n) is 4.01. The number of nitrogens with one attached hydrogen (secondary N) is 2. The van der Waals surface area contributed by atoms with E-state index in [1.807, 2.05) is 55.5 Å². The highest BCUT2D eigenvalue weighted by Gasteiger charge is 2.34. The van der Waals surface area contributed by atoms with Gasteiger partial charge in [-0.05, 0) is 52.3 Å². The van der Waals surface area contributed by atoms with Gasteiger partial charge in [-0.3, -0.25) is 9.69 Å². The largest absolute Gasteiger partial charge is 0.335 e. The van der Waals surface area contributed by atoms with Crippen molar-refractivity contribution >= 4 is 23.3 Å². The lowest BCUT2D eigenvalue weighted by Crippen LogP contribution is -2.44. The molecule has 1 heterocycles. The molecule has 1 aliphatic heterocycles. The Balaban J connectivity index is 1.73. The second-order valence-corrected chi connectivity index (χ2v) is 8.64. The van der Waals surface area contributed by atoms with Gasteiger partial charge in [0.25, 0.3) is 5.91 Å². The van der Waals surface area contributed by atoms with Crippen LogP contribution in [-0.4, -0.2) is 47.7 Å². The molecule has 0 fully saturated rings. The SMILES string of the molecule is Cc1ccc2c(c1)C(=NNC(=O)NCc1ccccc1)C(=O)N2CCN(C(C)C)C(C)C. The number of anilines is 1. The zero-order chi connectivity index (χ0) is 23.3. The summed E-state index contributed by atoms with van der Waals surface area (Å²) in [5.74, 6) is -0.193. The van der Waals surface area contributed by atoms with E-state index in [9.17, 15) is 9.59 Å². The van der Waals surface area contributed by atoms with E-state index in [1.165, 1.54) is 0 Å². The molecule has 0 bridgehead atoms. The van der Waals surface area contributed by atoms with Gasteiger partial charge in [0.15, 0.2) is 5.71 Å². The number of fused-ring (bicyclic) bond motifs is 1. The normalized spacial score (nSPS) is 14.6. The zero-order valence-corrected chi connectivity index (χ0v) is 19.6. The number of rotatable bonds is 8. The fourth-order valence-corrected chi connectivity index (χ4v) is 4.01. The van der Waals surface area contributed by atoms with Gasteiger partial charge in [0.05, 0.1) is 5.69 Å². The van der Waals surface area contributed by atoms with Crippen LogP contribution in [0.4, 0.5) is 10.5 Å². The highest BCUT2D eigenvalue weighted by molar-refractivity contribution is 6.54. The summed E-state index contributed by atoms with van der Waals surface area (Å²) < 4.78 is 0.